The number of carbonyl (C=O) groups is 1. The molecule has 2 heterocycles. The molecule has 1 fully saturated rings. The highest BCUT2D eigenvalue weighted by atomic mass is 16.5. The number of carboxylic acid groups (broad SMARTS) is 1. The van der Waals surface area contributed by atoms with Crippen molar-refractivity contribution < 1.29 is 14.6 Å². The van der Waals surface area contributed by atoms with Crippen LogP contribution >= 0.6 is 0 Å². The number of aliphatic carboxylic acids is 1. The van der Waals surface area contributed by atoms with Crippen LogP contribution in [0.4, 0.5) is 0 Å². The second kappa shape index (κ2) is 6.05. The molecule has 1 aliphatic carbocycles. The lowest BCUT2D eigenvalue weighted by Gasteiger charge is -2.12. The third-order valence-corrected chi connectivity index (χ3v) is 4.56. The highest BCUT2D eigenvalue weighted by Gasteiger charge is 2.51. The number of aromatic amines is 1. The second-order valence-electron chi connectivity index (χ2n) is 6.23. The number of hydrogen-bond donors (Lipinski definition) is 2. The minimum Gasteiger partial charge on any atom is -0.487 e. The van der Waals surface area contributed by atoms with Gasteiger partial charge in [-0.3, -0.25) is 14.9 Å². The third-order valence-electron chi connectivity index (χ3n) is 4.56. The summed E-state index contributed by atoms with van der Waals surface area (Å²) in [5.41, 5.74) is 2.76. The number of pyridine rings is 1. The molecular weight excluding hydrogens is 318 g/mol. The molecule has 3 aromatic rings. The average molecular weight is 335 g/mol. The molecule has 6 heteroatoms. The fourth-order valence-corrected chi connectivity index (χ4v) is 2.90. The van der Waals surface area contributed by atoms with E-state index in [4.69, 9.17) is 4.74 Å². The Morgan fingerprint density at radius 2 is 2.12 bits per heavy atom. The van der Waals surface area contributed by atoms with Crippen LogP contribution in [0.1, 0.15) is 24.0 Å². The molecule has 1 saturated carbocycles. The number of H-pyrrole nitrogens is 1. The van der Waals surface area contributed by atoms with Gasteiger partial charge in [0.15, 0.2) is 0 Å². The summed E-state index contributed by atoms with van der Waals surface area (Å²) in [4.78, 5) is 15.8. The minimum absolute atomic E-state index is 0.370. The zero-order valence-corrected chi connectivity index (χ0v) is 13.5. The van der Waals surface area contributed by atoms with Gasteiger partial charge in [-0.15, -0.1) is 0 Å². The van der Waals surface area contributed by atoms with Gasteiger partial charge in [0.1, 0.15) is 12.4 Å². The maximum atomic E-state index is 11.5. The van der Waals surface area contributed by atoms with E-state index < -0.39 is 11.4 Å². The van der Waals surface area contributed by atoms with Crippen molar-refractivity contribution in [2.45, 2.75) is 24.9 Å². The first-order chi connectivity index (χ1) is 12.2. The van der Waals surface area contributed by atoms with Crippen LogP contribution in [0.2, 0.25) is 0 Å². The number of carboxylic acids is 1. The summed E-state index contributed by atoms with van der Waals surface area (Å²) in [6.45, 7) is 0.370. The lowest BCUT2D eigenvalue weighted by Crippen LogP contribution is -2.19. The maximum Gasteiger partial charge on any atom is 0.314 e. The predicted molar refractivity (Wildman–Crippen MR) is 91.1 cm³/mol. The molecule has 2 N–H and O–H groups in total. The lowest BCUT2D eigenvalue weighted by molar-refractivity contribution is -0.140. The molecule has 4 rings (SSSR count). The summed E-state index contributed by atoms with van der Waals surface area (Å²) in [5, 5.41) is 16.2. The van der Waals surface area contributed by atoms with Gasteiger partial charge in [0.05, 0.1) is 23.0 Å². The van der Waals surface area contributed by atoms with E-state index in [2.05, 4.69) is 15.2 Å². The largest absolute Gasteiger partial charge is 0.487 e. The van der Waals surface area contributed by atoms with Gasteiger partial charge in [-0.25, -0.2) is 0 Å². The summed E-state index contributed by atoms with van der Waals surface area (Å²) in [6, 6.07) is 13.2. The van der Waals surface area contributed by atoms with Crippen molar-refractivity contribution in [2.24, 2.45) is 0 Å². The van der Waals surface area contributed by atoms with Crippen molar-refractivity contribution in [1.29, 1.82) is 0 Å². The molecule has 126 valence electrons. The molecular formula is C19H17N3O3. The van der Waals surface area contributed by atoms with Crippen LogP contribution in [-0.2, 0) is 16.8 Å². The number of nitrogens with zero attached hydrogens (tertiary/aromatic N) is 2. The number of hydrogen-bond acceptors (Lipinski definition) is 4. The van der Waals surface area contributed by atoms with E-state index in [0.717, 1.165) is 22.5 Å². The smallest absolute Gasteiger partial charge is 0.314 e. The van der Waals surface area contributed by atoms with Gasteiger partial charge in [-0.1, -0.05) is 24.3 Å². The Kier molecular flexibility index (Phi) is 3.72. The molecule has 0 amide bonds. The molecule has 6 nitrogen and oxygen atoms in total. The first-order valence-corrected chi connectivity index (χ1v) is 8.09. The normalized spacial score (nSPS) is 14.9. The molecule has 0 unspecified atom stereocenters. The number of ether oxygens (including phenoxy) is 1. The van der Waals surface area contributed by atoms with E-state index in [1.807, 2.05) is 42.5 Å². The van der Waals surface area contributed by atoms with Gasteiger partial charge in [0.2, 0.25) is 0 Å². The average Bonchev–Trinajstić information content (AvgIpc) is 3.29. The molecule has 1 aromatic carbocycles. The Balaban J connectivity index is 1.44. The van der Waals surface area contributed by atoms with E-state index in [1.54, 1.807) is 12.4 Å². The van der Waals surface area contributed by atoms with Crippen LogP contribution in [0.3, 0.4) is 0 Å². The van der Waals surface area contributed by atoms with Crippen molar-refractivity contribution in [3.63, 3.8) is 0 Å². The van der Waals surface area contributed by atoms with Gasteiger partial charge in [-0.05, 0) is 42.2 Å². The van der Waals surface area contributed by atoms with Crippen molar-refractivity contribution in [3.05, 3.63) is 66.0 Å². The topological polar surface area (TPSA) is 88.1 Å². The van der Waals surface area contributed by atoms with Gasteiger partial charge >= 0.3 is 5.97 Å². The Labute approximate surface area is 144 Å². The Morgan fingerprint density at radius 3 is 2.76 bits per heavy atom. The SMILES string of the molecule is O=C(O)C1(c2cccc(COc3ccc(-c4ccn[nH]4)nc3)c2)CC1. The number of nitrogens with one attached hydrogen (secondary N) is 1. The first-order valence-electron chi connectivity index (χ1n) is 8.09. The number of benzene rings is 1. The van der Waals surface area contributed by atoms with Crippen LogP contribution in [-0.4, -0.2) is 26.3 Å². The first kappa shape index (κ1) is 15.4. The van der Waals surface area contributed by atoms with E-state index >= 15 is 0 Å². The van der Waals surface area contributed by atoms with Crippen molar-refractivity contribution in [1.82, 2.24) is 15.2 Å². The van der Waals surface area contributed by atoms with E-state index in [1.165, 1.54) is 0 Å². The van der Waals surface area contributed by atoms with Crippen molar-refractivity contribution in [2.75, 3.05) is 0 Å². The summed E-state index contributed by atoms with van der Waals surface area (Å²) >= 11 is 0. The second-order valence-corrected chi connectivity index (χ2v) is 6.23. The van der Waals surface area contributed by atoms with Crippen molar-refractivity contribution in [3.8, 4) is 17.1 Å². The van der Waals surface area contributed by atoms with Crippen molar-refractivity contribution >= 4 is 5.97 Å². The standard InChI is InChI=1S/C19H17N3O3/c23-18(24)19(7-8-19)14-3-1-2-13(10-14)12-25-15-4-5-16(20-11-15)17-6-9-21-22-17/h1-6,9-11H,7-8,12H2,(H,21,22)(H,23,24). The fraction of sp³-hybridized carbons (Fsp3) is 0.211. The summed E-state index contributed by atoms with van der Waals surface area (Å²) in [7, 11) is 0. The van der Waals surface area contributed by atoms with Crippen LogP contribution in [0.5, 0.6) is 5.75 Å². The predicted octanol–water partition coefficient (Wildman–Crippen LogP) is 3.17. The summed E-state index contributed by atoms with van der Waals surface area (Å²) < 4.78 is 5.78. The van der Waals surface area contributed by atoms with Crippen LogP contribution in [0, 0.1) is 0 Å². The van der Waals surface area contributed by atoms with E-state index in [0.29, 0.717) is 25.2 Å². The third kappa shape index (κ3) is 2.98. The fourth-order valence-electron chi connectivity index (χ4n) is 2.90. The van der Waals surface area contributed by atoms with Crippen LogP contribution < -0.4 is 4.74 Å². The molecule has 0 aliphatic heterocycles. The van der Waals surface area contributed by atoms with Crippen LogP contribution in [0.25, 0.3) is 11.4 Å². The van der Waals surface area contributed by atoms with Gasteiger partial charge < -0.3 is 9.84 Å². The zero-order chi connectivity index (χ0) is 17.3. The zero-order valence-electron chi connectivity index (χ0n) is 13.5. The highest BCUT2D eigenvalue weighted by Crippen LogP contribution is 2.48. The lowest BCUT2D eigenvalue weighted by atomic mass is 9.95. The molecule has 0 saturated heterocycles. The quantitative estimate of drug-likeness (QED) is 0.722. The molecule has 2 aromatic heterocycles. The van der Waals surface area contributed by atoms with Gasteiger partial charge in [-0.2, -0.15) is 5.10 Å². The van der Waals surface area contributed by atoms with Gasteiger partial charge in [0, 0.05) is 6.20 Å². The van der Waals surface area contributed by atoms with E-state index in [-0.39, 0.29) is 0 Å². The molecule has 0 radical (unpaired) electrons. The summed E-state index contributed by atoms with van der Waals surface area (Å²) in [6.07, 6.45) is 4.75. The monoisotopic (exact) mass is 335 g/mol. The Bertz CT molecular complexity index is 885. The Hall–Kier alpha value is -3.15. The maximum absolute atomic E-state index is 11.5. The van der Waals surface area contributed by atoms with Gasteiger partial charge in [0.25, 0.3) is 0 Å². The molecule has 25 heavy (non-hydrogen) atoms. The van der Waals surface area contributed by atoms with Crippen LogP contribution in [0.15, 0.2) is 54.9 Å². The highest BCUT2D eigenvalue weighted by molar-refractivity contribution is 5.84. The number of aromatic nitrogens is 3. The number of rotatable bonds is 6. The minimum atomic E-state index is -0.746. The van der Waals surface area contributed by atoms with E-state index in [9.17, 15) is 9.90 Å². The molecule has 1 aliphatic rings. The summed E-state index contributed by atoms with van der Waals surface area (Å²) in [5.74, 6) is -0.0859. The molecule has 0 bridgehead atoms. The molecule has 0 spiro atoms. The Morgan fingerprint density at radius 1 is 1.24 bits per heavy atom. The molecule has 0 atom stereocenters.